The minimum absolute atomic E-state index is 0.0339. The molecule has 13 heteroatoms. The molecule has 3 heterocycles. The van der Waals surface area contributed by atoms with Crippen molar-refractivity contribution in [3.63, 3.8) is 0 Å². The first-order chi connectivity index (χ1) is 21.1. The summed E-state index contributed by atoms with van der Waals surface area (Å²) in [6.07, 6.45) is -0.109. The quantitative estimate of drug-likeness (QED) is 0.220. The predicted molar refractivity (Wildman–Crippen MR) is 160 cm³/mol. The Morgan fingerprint density at radius 1 is 1.07 bits per heavy atom. The number of ketones is 1. The largest absolute Gasteiger partial charge is 0.491 e. The number of Topliss-reactive ketones (excluding diaryl/α,β-unsaturated/α-hetero) is 1. The number of pyridine rings is 1. The molecule has 1 aromatic carbocycles. The lowest BCUT2D eigenvalue weighted by Crippen LogP contribution is -2.31. The number of hydrogen-bond donors (Lipinski definition) is 3. The van der Waals surface area contributed by atoms with Gasteiger partial charge in [-0.2, -0.15) is 13.2 Å². The summed E-state index contributed by atoms with van der Waals surface area (Å²) in [6, 6.07) is 8.01. The van der Waals surface area contributed by atoms with Crippen LogP contribution in [-0.4, -0.2) is 76.1 Å². The lowest BCUT2D eigenvalue weighted by Gasteiger charge is -2.30. The molecule has 0 spiro atoms. The highest BCUT2D eigenvalue weighted by Crippen LogP contribution is 2.42. The van der Waals surface area contributed by atoms with E-state index in [4.69, 9.17) is 30.1 Å². The van der Waals surface area contributed by atoms with Gasteiger partial charge in [-0.25, -0.2) is 9.78 Å². The number of aromatic nitrogens is 1. The van der Waals surface area contributed by atoms with Crippen molar-refractivity contribution in [1.29, 1.82) is 5.41 Å². The molecular formula is C32H39F3N4O6. The van der Waals surface area contributed by atoms with Crippen LogP contribution in [0.25, 0.3) is 0 Å². The summed E-state index contributed by atoms with van der Waals surface area (Å²) in [6.45, 7) is 9.05. The standard InChI is InChI=1S/C30H38N4O4.C2HF3O2/c1-30(2,3)22-15-21(16-24(33-12-4-5-13-33)28(22)38-14-6-7-26(36)37)25(35)18-34-17-20-10-11-23(19-8-9-19)32-27(20)29(34)31;3-2(4,5)1(6)7/h10-11,15-16,19,31H,4-9,12-14,17-18H2,1-3H3,(H,36,37);(H,6,7). The lowest BCUT2D eigenvalue weighted by molar-refractivity contribution is -0.192. The number of aliphatic carboxylic acids is 2. The zero-order chi connectivity index (χ0) is 33.1. The zero-order valence-corrected chi connectivity index (χ0v) is 25.7. The fourth-order valence-electron chi connectivity index (χ4n) is 5.35. The summed E-state index contributed by atoms with van der Waals surface area (Å²) in [5.74, 6) is -2.03. The van der Waals surface area contributed by atoms with E-state index in [2.05, 4.69) is 37.8 Å². The molecule has 0 bridgehead atoms. The summed E-state index contributed by atoms with van der Waals surface area (Å²) in [5, 5.41) is 24.9. The zero-order valence-electron chi connectivity index (χ0n) is 25.7. The monoisotopic (exact) mass is 632 g/mol. The van der Waals surface area contributed by atoms with Crippen molar-refractivity contribution in [1.82, 2.24) is 9.88 Å². The van der Waals surface area contributed by atoms with Gasteiger partial charge in [0.2, 0.25) is 0 Å². The average Bonchev–Trinajstić information content (AvgIpc) is 3.57. The maximum absolute atomic E-state index is 13.7. The Morgan fingerprint density at radius 2 is 1.71 bits per heavy atom. The van der Waals surface area contributed by atoms with Gasteiger partial charge < -0.3 is 24.7 Å². The van der Waals surface area contributed by atoms with E-state index in [0.29, 0.717) is 42.6 Å². The molecule has 1 aliphatic carbocycles. The molecule has 5 rings (SSSR count). The van der Waals surface area contributed by atoms with Crippen molar-refractivity contribution in [3.05, 3.63) is 52.3 Å². The molecule has 45 heavy (non-hydrogen) atoms. The molecule has 1 aromatic heterocycles. The summed E-state index contributed by atoms with van der Waals surface area (Å²) in [4.78, 5) is 42.4. The summed E-state index contributed by atoms with van der Waals surface area (Å²) in [7, 11) is 0. The van der Waals surface area contributed by atoms with Gasteiger partial charge in [-0.3, -0.25) is 15.0 Å². The normalized spacial score (nSPS) is 16.3. The van der Waals surface area contributed by atoms with Crippen molar-refractivity contribution < 1.29 is 42.5 Å². The first-order valence-corrected chi connectivity index (χ1v) is 15.0. The smallest absolute Gasteiger partial charge is 0.490 e. The van der Waals surface area contributed by atoms with Gasteiger partial charge in [0.15, 0.2) is 5.78 Å². The minimum Gasteiger partial charge on any atom is -0.491 e. The van der Waals surface area contributed by atoms with Crippen LogP contribution in [0.15, 0.2) is 24.3 Å². The number of rotatable bonds is 10. The average molecular weight is 633 g/mol. The Kier molecular flexibility index (Phi) is 10.1. The second kappa shape index (κ2) is 13.5. The van der Waals surface area contributed by atoms with E-state index < -0.39 is 18.1 Å². The molecule has 0 atom stereocenters. The Morgan fingerprint density at radius 3 is 2.27 bits per heavy atom. The van der Waals surface area contributed by atoms with Crippen LogP contribution in [0.1, 0.15) is 98.1 Å². The van der Waals surface area contributed by atoms with Crippen molar-refractivity contribution in [2.45, 2.75) is 83.4 Å². The molecule has 2 aliphatic heterocycles. The van der Waals surface area contributed by atoms with E-state index in [1.54, 1.807) is 0 Å². The molecule has 10 nitrogen and oxygen atoms in total. The highest BCUT2D eigenvalue weighted by molar-refractivity contribution is 6.05. The number of carbonyl (C=O) groups excluding carboxylic acids is 1. The Labute approximate surface area is 259 Å². The van der Waals surface area contributed by atoms with E-state index in [1.807, 2.05) is 17.0 Å². The molecule has 2 fully saturated rings. The molecule has 244 valence electrons. The van der Waals surface area contributed by atoms with E-state index in [0.717, 1.165) is 67.0 Å². The van der Waals surface area contributed by atoms with Crippen molar-refractivity contribution in [2.75, 3.05) is 31.1 Å². The van der Waals surface area contributed by atoms with Crippen LogP contribution in [0.5, 0.6) is 5.75 Å². The molecule has 0 unspecified atom stereocenters. The summed E-state index contributed by atoms with van der Waals surface area (Å²) < 4.78 is 38.0. The van der Waals surface area contributed by atoms with Crippen molar-refractivity contribution in [2.24, 2.45) is 0 Å². The van der Waals surface area contributed by atoms with Crippen LogP contribution in [0, 0.1) is 5.41 Å². The Balaban J connectivity index is 0.000000591. The van der Waals surface area contributed by atoms with Gasteiger partial charge in [-0.15, -0.1) is 0 Å². The van der Waals surface area contributed by atoms with E-state index in [1.165, 1.54) is 0 Å². The number of halogens is 3. The maximum Gasteiger partial charge on any atom is 0.490 e. The number of carboxylic acids is 2. The number of ether oxygens (including phenoxy) is 1. The number of carboxylic acid groups (broad SMARTS) is 2. The second-order valence-electron chi connectivity index (χ2n) is 12.6. The minimum atomic E-state index is -5.08. The van der Waals surface area contributed by atoms with Crippen LogP contribution in [-0.2, 0) is 21.5 Å². The number of anilines is 1. The highest BCUT2D eigenvalue weighted by atomic mass is 19.4. The SMILES string of the molecule is CC(C)(C)c1cc(C(=O)CN2Cc3ccc(C4CC4)nc3C2=N)cc(N2CCCC2)c1OCCCC(=O)O.O=C(O)C(F)(F)F. The van der Waals surface area contributed by atoms with Crippen LogP contribution in [0.4, 0.5) is 18.9 Å². The molecular weight excluding hydrogens is 593 g/mol. The first kappa shape index (κ1) is 33.7. The van der Waals surface area contributed by atoms with Crippen LogP contribution in [0.2, 0.25) is 0 Å². The number of hydrogen-bond acceptors (Lipinski definition) is 7. The highest BCUT2D eigenvalue weighted by Gasteiger charge is 2.38. The van der Waals surface area contributed by atoms with E-state index in [-0.39, 0.29) is 24.2 Å². The third kappa shape index (κ3) is 8.52. The Bertz CT molecular complexity index is 1460. The molecule has 3 N–H and O–H groups in total. The molecule has 0 amide bonds. The number of fused-ring (bicyclic) bond motifs is 1. The van der Waals surface area contributed by atoms with Gasteiger partial charge in [0.25, 0.3) is 0 Å². The van der Waals surface area contributed by atoms with Crippen molar-refractivity contribution >= 4 is 29.2 Å². The molecule has 0 radical (unpaired) electrons. The fraction of sp³-hybridized carbons (Fsp3) is 0.531. The number of nitrogens with one attached hydrogen (secondary N) is 1. The van der Waals surface area contributed by atoms with Gasteiger partial charge in [0.05, 0.1) is 18.8 Å². The molecule has 2 aromatic rings. The Hall–Kier alpha value is -4.16. The van der Waals surface area contributed by atoms with Gasteiger partial charge in [-0.1, -0.05) is 26.8 Å². The number of carbonyl (C=O) groups is 3. The number of benzene rings is 1. The fourth-order valence-corrected chi connectivity index (χ4v) is 5.35. The summed E-state index contributed by atoms with van der Waals surface area (Å²) >= 11 is 0. The topological polar surface area (TPSA) is 144 Å². The predicted octanol–water partition coefficient (Wildman–Crippen LogP) is 5.76. The summed E-state index contributed by atoms with van der Waals surface area (Å²) in [5.41, 5.74) is 4.95. The maximum atomic E-state index is 13.7. The van der Waals surface area contributed by atoms with Gasteiger partial charge in [0.1, 0.15) is 17.3 Å². The number of nitrogens with zero attached hydrogens (tertiary/aromatic N) is 3. The van der Waals surface area contributed by atoms with Gasteiger partial charge >= 0.3 is 18.1 Å². The number of alkyl halides is 3. The first-order valence-electron chi connectivity index (χ1n) is 15.0. The van der Waals surface area contributed by atoms with E-state index >= 15 is 0 Å². The van der Waals surface area contributed by atoms with Crippen LogP contribution in [0.3, 0.4) is 0 Å². The lowest BCUT2D eigenvalue weighted by atomic mass is 9.84. The van der Waals surface area contributed by atoms with E-state index in [9.17, 15) is 22.8 Å². The second-order valence-corrected chi connectivity index (χ2v) is 12.6. The molecule has 1 saturated carbocycles. The number of amidine groups is 1. The van der Waals surface area contributed by atoms with Gasteiger partial charge in [0, 0.05) is 54.4 Å². The molecule has 3 aliphatic rings. The van der Waals surface area contributed by atoms with Gasteiger partial charge in [-0.05, 0) is 55.7 Å². The third-order valence-corrected chi connectivity index (χ3v) is 7.90. The third-order valence-electron chi connectivity index (χ3n) is 7.90. The van der Waals surface area contributed by atoms with Crippen LogP contribution >= 0.6 is 0 Å². The molecule has 1 saturated heterocycles. The van der Waals surface area contributed by atoms with Crippen LogP contribution < -0.4 is 9.64 Å². The van der Waals surface area contributed by atoms with Crippen molar-refractivity contribution in [3.8, 4) is 5.75 Å².